The second-order valence-corrected chi connectivity index (χ2v) is 10.0. The second-order valence-electron chi connectivity index (χ2n) is 9.58. The van der Waals surface area contributed by atoms with Crippen LogP contribution in [0.4, 0.5) is 0 Å². The third-order valence-corrected chi connectivity index (χ3v) is 7.26. The van der Waals surface area contributed by atoms with Crippen LogP contribution >= 0.6 is 11.6 Å². The normalized spacial score (nSPS) is 16.7. The molecule has 5 rings (SSSR count). The number of nitrogens with zero attached hydrogens (tertiary/aromatic N) is 3. The molecule has 38 heavy (non-hydrogen) atoms. The molecule has 7 nitrogen and oxygen atoms in total. The van der Waals surface area contributed by atoms with Crippen molar-refractivity contribution in [2.75, 3.05) is 13.7 Å². The molecule has 1 aliphatic rings. The van der Waals surface area contributed by atoms with E-state index < -0.39 is 5.54 Å². The molecule has 194 valence electrons. The van der Waals surface area contributed by atoms with Crippen molar-refractivity contribution in [1.82, 2.24) is 20.0 Å². The van der Waals surface area contributed by atoms with Gasteiger partial charge in [-0.15, -0.1) is 0 Å². The maximum Gasteiger partial charge on any atom is 0.273 e. The molecule has 1 aliphatic heterocycles. The maximum absolute atomic E-state index is 13.9. The van der Waals surface area contributed by atoms with Crippen LogP contribution in [0.5, 0.6) is 5.75 Å². The first-order chi connectivity index (χ1) is 18.4. The van der Waals surface area contributed by atoms with E-state index in [2.05, 4.69) is 5.32 Å². The van der Waals surface area contributed by atoms with E-state index >= 15 is 0 Å². The fourth-order valence-corrected chi connectivity index (χ4v) is 4.88. The van der Waals surface area contributed by atoms with Gasteiger partial charge in [0.2, 0.25) is 5.91 Å². The third kappa shape index (κ3) is 5.15. The molecular weight excluding hydrogens is 500 g/mol. The third-order valence-electron chi connectivity index (χ3n) is 7.01. The molecular formula is C30H29ClN4O3. The molecule has 2 heterocycles. The molecule has 1 atom stereocenters. The van der Waals surface area contributed by atoms with Crippen molar-refractivity contribution in [1.29, 1.82) is 0 Å². The standard InChI is InChI=1S/C30H29ClN4O3/c1-30(29(37)32-19-22-6-4-3-5-7-22)20-35-27(18-26(33-35)23-10-14-25(38-2)15-11-23)28(36)34(30)17-16-21-8-12-24(31)13-9-21/h3-15,18H,16-17,19-20H2,1-2H3,(H,32,37)/t30-/m1/s1. The quantitative estimate of drug-likeness (QED) is 0.350. The summed E-state index contributed by atoms with van der Waals surface area (Å²) in [5.74, 6) is 0.289. The summed E-state index contributed by atoms with van der Waals surface area (Å²) in [5.41, 5.74) is 2.88. The number of fused-ring (bicyclic) bond motifs is 1. The van der Waals surface area contributed by atoms with Crippen LogP contribution in [0, 0.1) is 0 Å². The first-order valence-electron chi connectivity index (χ1n) is 12.5. The van der Waals surface area contributed by atoms with E-state index in [1.54, 1.807) is 22.8 Å². The lowest BCUT2D eigenvalue weighted by Gasteiger charge is -2.43. The topological polar surface area (TPSA) is 76.5 Å². The lowest BCUT2D eigenvalue weighted by atomic mass is 9.94. The van der Waals surface area contributed by atoms with Crippen LogP contribution in [0.1, 0.15) is 28.5 Å². The first-order valence-corrected chi connectivity index (χ1v) is 12.9. The van der Waals surface area contributed by atoms with Gasteiger partial charge in [-0.25, -0.2) is 0 Å². The molecule has 3 aromatic carbocycles. The zero-order valence-electron chi connectivity index (χ0n) is 21.4. The molecule has 2 amide bonds. The summed E-state index contributed by atoms with van der Waals surface area (Å²) in [4.78, 5) is 29.2. The Morgan fingerprint density at radius 2 is 1.74 bits per heavy atom. The van der Waals surface area contributed by atoms with Crippen LogP contribution < -0.4 is 10.1 Å². The molecule has 0 fully saturated rings. The Bertz CT molecular complexity index is 1430. The number of ether oxygens (including phenoxy) is 1. The van der Waals surface area contributed by atoms with E-state index in [9.17, 15) is 9.59 Å². The summed E-state index contributed by atoms with van der Waals surface area (Å²) in [7, 11) is 1.62. The highest BCUT2D eigenvalue weighted by Gasteiger charge is 2.47. The van der Waals surface area contributed by atoms with E-state index in [1.165, 1.54) is 0 Å². The van der Waals surface area contributed by atoms with E-state index in [-0.39, 0.29) is 18.4 Å². The van der Waals surface area contributed by atoms with E-state index in [1.807, 2.05) is 85.8 Å². The molecule has 0 saturated heterocycles. The molecule has 0 saturated carbocycles. The average Bonchev–Trinajstić information content (AvgIpc) is 3.37. The summed E-state index contributed by atoms with van der Waals surface area (Å²) in [6.45, 7) is 2.80. The average molecular weight is 529 g/mol. The number of nitrogens with one attached hydrogen (secondary N) is 1. The number of halogens is 1. The zero-order chi connectivity index (χ0) is 26.7. The predicted octanol–water partition coefficient (Wildman–Crippen LogP) is 4.99. The molecule has 0 bridgehead atoms. The monoisotopic (exact) mass is 528 g/mol. The zero-order valence-corrected chi connectivity index (χ0v) is 22.1. The number of benzene rings is 3. The number of amides is 2. The van der Waals surface area contributed by atoms with E-state index in [0.717, 1.165) is 22.4 Å². The van der Waals surface area contributed by atoms with E-state index in [4.69, 9.17) is 21.4 Å². The van der Waals surface area contributed by atoms with E-state index in [0.29, 0.717) is 35.9 Å². The summed E-state index contributed by atoms with van der Waals surface area (Å²) < 4.78 is 6.91. The van der Waals surface area contributed by atoms with Crippen LogP contribution in [0.15, 0.2) is 84.9 Å². The molecule has 1 N–H and O–H groups in total. The van der Waals surface area contributed by atoms with Gasteiger partial charge in [-0.1, -0.05) is 54.1 Å². The Morgan fingerprint density at radius 1 is 1.03 bits per heavy atom. The van der Waals surface area contributed by atoms with Gasteiger partial charge in [0, 0.05) is 23.7 Å². The van der Waals surface area contributed by atoms with Gasteiger partial charge in [0.05, 0.1) is 19.3 Å². The molecule has 4 aromatic rings. The Labute approximate surface area is 227 Å². The number of aromatic nitrogens is 2. The van der Waals surface area contributed by atoms with Gasteiger partial charge in [-0.2, -0.15) is 5.10 Å². The summed E-state index contributed by atoms with van der Waals surface area (Å²) in [6.07, 6.45) is 0.587. The van der Waals surface area contributed by atoms with Crippen LogP contribution in [-0.2, 0) is 24.3 Å². The van der Waals surface area contributed by atoms with Crippen molar-refractivity contribution in [3.8, 4) is 17.0 Å². The van der Waals surface area contributed by atoms with Crippen molar-refractivity contribution in [3.63, 3.8) is 0 Å². The highest BCUT2D eigenvalue weighted by atomic mass is 35.5. The summed E-state index contributed by atoms with van der Waals surface area (Å²) >= 11 is 6.05. The van der Waals surface area contributed by atoms with Crippen LogP contribution in [0.2, 0.25) is 5.02 Å². The van der Waals surface area contributed by atoms with Crippen molar-refractivity contribution in [2.45, 2.75) is 32.0 Å². The van der Waals surface area contributed by atoms with Crippen LogP contribution in [0.3, 0.4) is 0 Å². The number of methoxy groups -OCH3 is 1. The molecule has 0 radical (unpaired) electrons. The summed E-state index contributed by atoms with van der Waals surface area (Å²) in [5, 5.41) is 8.42. The Morgan fingerprint density at radius 3 is 2.42 bits per heavy atom. The smallest absolute Gasteiger partial charge is 0.273 e. The fourth-order valence-electron chi connectivity index (χ4n) is 4.75. The van der Waals surface area contributed by atoms with Gasteiger partial charge in [0.1, 0.15) is 17.0 Å². The summed E-state index contributed by atoms with van der Waals surface area (Å²) in [6, 6.07) is 26.6. The number of carbonyl (C=O) groups excluding carboxylic acids is 2. The number of hydrogen-bond acceptors (Lipinski definition) is 4. The largest absolute Gasteiger partial charge is 0.497 e. The van der Waals surface area contributed by atoms with Crippen LogP contribution in [0.25, 0.3) is 11.3 Å². The van der Waals surface area contributed by atoms with Crippen LogP contribution in [-0.4, -0.2) is 45.7 Å². The number of hydrogen-bond donors (Lipinski definition) is 1. The molecule has 0 aliphatic carbocycles. The van der Waals surface area contributed by atoms with Gasteiger partial charge in [-0.3, -0.25) is 14.3 Å². The Kier molecular flexibility index (Phi) is 7.20. The van der Waals surface area contributed by atoms with Gasteiger partial charge in [0.25, 0.3) is 5.91 Å². The number of carbonyl (C=O) groups is 2. The molecule has 0 unspecified atom stereocenters. The van der Waals surface area contributed by atoms with Crippen molar-refractivity contribution >= 4 is 23.4 Å². The highest BCUT2D eigenvalue weighted by molar-refractivity contribution is 6.30. The molecule has 1 aromatic heterocycles. The van der Waals surface area contributed by atoms with Gasteiger partial charge >= 0.3 is 0 Å². The van der Waals surface area contributed by atoms with Gasteiger partial charge in [-0.05, 0) is 66.9 Å². The van der Waals surface area contributed by atoms with Gasteiger partial charge in [0.15, 0.2) is 0 Å². The molecule has 0 spiro atoms. The fraction of sp³-hybridized carbons (Fsp3) is 0.233. The minimum atomic E-state index is -1.13. The first kappa shape index (κ1) is 25.5. The maximum atomic E-state index is 13.9. The minimum absolute atomic E-state index is 0.224. The lowest BCUT2D eigenvalue weighted by molar-refractivity contribution is -0.133. The number of rotatable bonds is 8. The van der Waals surface area contributed by atoms with Gasteiger partial charge < -0.3 is 15.0 Å². The second kappa shape index (κ2) is 10.7. The molecule has 8 heteroatoms. The minimum Gasteiger partial charge on any atom is -0.497 e. The van der Waals surface area contributed by atoms with Crippen molar-refractivity contribution in [3.05, 3.63) is 107 Å². The highest BCUT2D eigenvalue weighted by Crippen LogP contribution is 2.31. The van der Waals surface area contributed by atoms with Crippen molar-refractivity contribution in [2.24, 2.45) is 0 Å². The lowest BCUT2D eigenvalue weighted by Crippen LogP contribution is -2.64. The SMILES string of the molecule is COc1ccc(-c2cc3n(n2)C[C@](C)(C(=O)NCc2ccccc2)N(CCc2ccc(Cl)cc2)C3=O)cc1. The van der Waals surface area contributed by atoms with Crippen molar-refractivity contribution < 1.29 is 14.3 Å². The predicted molar refractivity (Wildman–Crippen MR) is 147 cm³/mol. The Hall–Kier alpha value is -4.10. The Balaban J connectivity index is 1.45.